The highest BCUT2D eigenvalue weighted by molar-refractivity contribution is 7.10. The molecule has 0 aliphatic heterocycles. The minimum atomic E-state index is -0.133. The van der Waals surface area contributed by atoms with Gasteiger partial charge < -0.3 is 14.8 Å². The summed E-state index contributed by atoms with van der Waals surface area (Å²) in [5.41, 5.74) is 1.55. The van der Waals surface area contributed by atoms with Crippen LogP contribution in [-0.4, -0.2) is 18.0 Å². The predicted octanol–water partition coefficient (Wildman–Crippen LogP) is 4.86. The lowest BCUT2D eigenvalue weighted by Crippen LogP contribution is -2.31. The molecule has 0 saturated carbocycles. The normalized spacial score (nSPS) is 11.9. The van der Waals surface area contributed by atoms with Gasteiger partial charge in [-0.1, -0.05) is 19.9 Å². The number of nitrogens with zero attached hydrogens (tertiary/aromatic N) is 1. The summed E-state index contributed by atoms with van der Waals surface area (Å²) in [6.07, 6.45) is 3.45. The molecule has 0 radical (unpaired) electrons. The highest BCUT2D eigenvalue weighted by Crippen LogP contribution is 2.30. The highest BCUT2D eigenvalue weighted by Gasteiger charge is 2.21. The number of ether oxygens (including phenoxy) is 2. The van der Waals surface area contributed by atoms with Crippen LogP contribution in [-0.2, 0) is 6.61 Å². The van der Waals surface area contributed by atoms with Crippen molar-refractivity contribution < 1.29 is 14.3 Å². The summed E-state index contributed by atoms with van der Waals surface area (Å²) >= 11 is 1.65. The number of hydrogen-bond acceptors (Lipinski definition) is 5. The molecule has 2 heterocycles. The first-order valence-electron chi connectivity index (χ1n) is 9.12. The standard InChI is InChI=1S/C22H24N2O3S/c1-15(2)21(20-5-4-12-28-20)24-22(25)17-6-7-18(19(13-17)26-3)27-14-16-8-10-23-11-9-16/h4-13,15,21H,14H2,1-3H3,(H,24,25)/t21-/m1/s1. The van der Waals surface area contributed by atoms with E-state index in [1.165, 1.54) is 0 Å². The molecule has 1 amide bonds. The van der Waals surface area contributed by atoms with Gasteiger partial charge in [0.15, 0.2) is 11.5 Å². The van der Waals surface area contributed by atoms with Crippen molar-refractivity contribution in [2.75, 3.05) is 7.11 Å². The molecule has 0 spiro atoms. The number of carbonyl (C=O) groups excluding carboxylic acids is 1. The molecular formula is C22H24N2O3S. The van der Waals surface area contributed by atoms with Gasteiger partial charge in [0.25, 0.3) is 5.91 Å². The van der Waals surface area contributed by atoms with Crippen LogP contribution in [0.15, 0.2) is 60.2 Å². The van der Waals surface area contributed by atoms with Crippen LogP contribution in [0.1, 0.15) is 40.7 Å². The molecule has 0 saturated heterocycles. The summed E-state index contributed by atoms with van der Waals surface area (Å²) in [4.78, 5) is 17.9. The van der Waals surface area contributed by atoms with Gasteiger partial charge in [0.2, 0.25) is 0 Å². The molecule has 3 aromatic rings. The Morgan fingerprint density at radius 2 is 1.93 bits per heavy atom. The maximum absolute atomic E-state index is 12.8. The summed E-state index contributed by atoms with van der Waals surface area (Å²) in [6.45, 7) is 4.60. The van der Waals surface area contributed by atoms with Gasteiger partial charge in [-0.2, -0.15) is 0 Å². The fourth-order valence-corrected chi connectivity index (χ4v) is 3.78. The van der Waals surface area contributed by atoms with E-state index in [9.17, 15) is 4.79 Å². The van der Waals surface area contributed by atoms with Crippen LogP contribution in [0.4, 0.5) is 0 Å². The maximum Gasteiger partial charge on any atom is 0.251 e. The number of nitrogens with one attached hydrogen (secondary N) is 1. The van der Waals surface area contributed by atoms with E-state index in [1.807, 2.05) is 29.6 Å². The van der Waals surface area contributed by atoms with Gasteiger partial charge in [0.1, 0.15) is 6.61 Å². The van der Waals surface area contributed by atoms with Gasteiger partial charge in [-0.05, 0) is 53.3 Å². The number of amides is 1. The third-order valence-electron chi connectivity index (χ3n) is 4.37. The smallest absolute Gasteiger partial charge is 0.251 e. The molecule has 0 bridgehead atoms. The topological polar surface area (TPSA) is 60.5 Å². The Morgan fingerprint density at radius 1 is 1.14 bits per heavy atom. The maximum atomic E-state index is 12.8. The van der Waals surface area contributed by atoms with E-state index in [4.69, 9.17) is 9.47 Å². The van der Waals surface area contributed by atoms with Crippen molar-refractivity contribution in [3.05, 3.63) is 76.2 Å². The third-order valence-corrected chi connectivity index (χ3v) is 5.33. The Balaban J connectivity index is 1.72. The van der Waals surface area contributed by atoms with Crippen molar-refractivity contribution >= 4 is 17.2 Å². The summed E-state index contributed by atoms with van der Waals surface area (Å²) in [5, 5.41) is 5.15. The molecule has 5 nitrogen and oxygen atoms in total. The average Bonchev–Trinajstić information content (AvgIpc) is 3.25. The Labute approximate surface area is 169 Å². The van der Waals surface area contributed by atoms with Crippen molar-refractivity contribution in [1.29, 1.82) is 0 Å². The van der Waals surface area contributed by atoms with Crippen LogP contribution < -0.4 is 14.8 Å². The molecule has 28 heavy (non-hydrogen) atoms. The summed E-state index contributed by atoms with van der Waals surface area (Å²) in [7, 11) is 1.57. The molecule has 0 fully saturated rings. The molecule has 0 aliphatic carbocycles. The first kappa shape index (κ1) is 19.9. The minimum Gasteiger partial charge on any atom is -0.493 e. The molecule has 6 heteroatoms. The summed E-state index contributed by atoms with van der Waals surface area (Å²) in [6, 6.07) is 13.0. The number of aromatic nitrogens is 1. The Hall–Kier alpha value is -2.86. The molecular weight excluding hydrogens is 372 g/mol. The molecule has 1 N–H and O–H groups in total. The number of benzene rings is 1. The summed E-state index contributed by atoms with van der Waals surface area (Å²) < 4.78 is 11.3. The predicted molar refractivity (Wildman–Crippen MR) is 111 cm³/mol. The SMILES string of the molecule is COc1cc(C(=O)N[C@@H](c2cccs2)C(C)C)ccc1OCc1ccncc1. The number of thiophene rings is 1. The van der Waals surface area contributed by atoms with Crippen molar-refractivity contribution in [1.82, 2.24) is 10.3 Å². The molecule has 2 aromatic heterocycles. The van der Waals surface area contributed by atoms with Gasteiger partial charge in [0, 0.05) is 22.8 Å². The monoisotopic (exact) mass is 396 g/mol. The van der Waals surface area contributed by atoms with Crippen molar-refractivity contribution in [3.8, 4) is 11.5 Å². The zero-order valence-electron chi connectivity index (χ0n) is 16.2. The Morgan fingerprint density at radius 3 is 2.57 bits per heavy atom. The van der Waals surface area contributed by atoms with Crippen LogP contribution in [0.2, 0.25) is 0 Å². The third kappa shape index (κ3) is 4.89. The van der Waals surface area contributed by atoms with Gasteiger partial charge in [-0.15, -0.1) is 11.3 Å². The van der Waals surface area contributed by atoms with Crippen molar-refractivity contribution in [2.45, 2.75) is 26.5 Å². The average molecular weight is 397 g/mol. The van der Waals surface area contributed by atoms with E-state index in [-0.39, 0.29) is 17.9 Å². The van der Waals surface area contributed by atoms with Gasteiger partial charge in [-0.3, -0.25) is 9.78 Å². The van der Waals surface area contributed by atoms with Crippen LogP contribution in [0, 0.1) is 5.92 Å². The van der Waals surface area contributed by atoms with E-state index >= 15 is 0 Å². The van der Waals surface area contributed by atoms with Crippen molar-refractivity contribution in [3.63, 3.8) is 0 Å². The number of rotatable bonds is 8. The number of methoxy groups -OCH3 is 1. The van der Waals surface area contributed by atoms with Crippen molar-refractivity contribution in [2.24, 2.45) is 5.92 Å². The van der Waals surface area contributed by atoms with Gasteiger partial charge in [-0.25, -0.2) is 0 Å². The fraction of sp³-hybridized carbons (Fsp3) is 0.273. The van der Waals surface area contributed by atoms with Crippen LogP contribution in [0.5, 0.6) is 11.5 Å². The van der Waals surface area contributed by atoms with E-state index in [2.05, 4.69) is 24.1 Å². The van der Waals surface area contributed by atoms with Gasteiger partial charge in [0.05, 0.1) is 13.2 Å². The molecule has 1 aromatic carbocycles. The first-order chi connectivity index (χ1) is 13.6. The molecule has 0 unspecified atom stereocenters. The number of hydrogen-bond donors (Lipinski definition) is 1. The second-order valence-electron chi connectivity index (χ2n) is 6.72. The Kier molecular flexibility index (Phi) is 6.66. The van der Waals surface area contributed by atoms with E-state index in [1.54, 1.807) is 49.0 Å². The largest absolute Gasteiger partial charge is 0.493 e. The molecule has 146 valence electrons. The fourth-order valence-electron chi connectivity index (χ4n) is 2.83. The minimum absolute atomic E-state index is 0.0267. The summed E-state index contributed by atoms with van der Waals surface area (Å²) in [5.74, 6) is 1.27. The molecule has 3 rings (SSSR count). The second kappa shape index (κ2) is 9.37. The lowest BCUT2D eigenvalue weighted by Gasteiger charge is -2.21. The quantitative estimate of drug-likeness (QED) is 0.591. The lowest BCUT2D eigenvalue weighted by atomic mass is 10.0. The van der Waals surface area contributed by atoms with Crippen LogP contribution in [0.25, 0.3) is 0 Å². The first-order valence-corrected chi connectivity index (χ1v) is 10.0. The second-order valence-corrected chi connectivity index (χ2v) is 7.70. The van der Waals surface area contributed by atoms with Gasteiger partial charge >= 0.3 is 0 Å². The van der Waals surface area contributed by atoms with E-state index < -0.39 is 0 Å². The zero-order valence-corrected chi connectivity index (χ0v) is 17.0. The number of pyridine rings is 1. The number of carbonyl (C=O) groups is 1. The van der Waals surface area contributed by atoms with Crippen LogP contribution in [0.3, 0.4) is 0 Å². The Bertz CT molecular complexity index is 895. The lowest BCUT2D eigenvalue weighted by molar-refractivity contribution is 0.0926. The highest BCUT2D eigenvalue weighted by atomic mass is 32.1. The zero-order chi connectivity index (χ0) is 19.9. The van der Waals surface area contributed by atoms with E-state index in [0.29, 0.717) is 23.7 Å². The van der Waals surface area contributed by atoms with E-state index in [0.717, 1.165) is 10.4 Å². The molecule has 1 atom stereocenters. The van der Waals surface area contributed by atoms with Crippen LogP contribution >= 0.6 is 11.3 Å². The molecule has 0 aliphatic rings.